The number of nitrogens with zero attached hydrogens (tertiary/aromatic N) is 4. The number of esters is 1. The lowest BCUT2D eigenvalue weighted by atomic mass is 10.0. The third-order valence-corrected chi connectivity index (χ3v) is 4.56. The first kappa shape index (κ1) is 23.6. The predicted molar refractivity (Wildman–Crippen MR) is 118 cm³/mol. The average Bonchev–Trinajstić information content (AvgIpc) is 3.39. The van der Waals surface area contributed by atoms with Crippen LogP contribution in [-0.2, 0) is 14.3 Å². The van der Waals surface area contributed by atoms with E-state index in [0.29, 0.717) is 17.5 Å². The SMILES string of the molecule is Cc1cc(C)nc(-n2nc(C)cc2NC(=O)COC(=O)[C@@H](NC(=O)c2ccco2)C(C)C)n1. The number of nitrogens with one attached hydrogen (secondary N) is 2. The Hall–Kier alpha value is -4.02. The molecule has 11 heteroatoms. The van der Waals surface area contributed by atoms with Crippen molar-refractivity contribution >= 4 is 23.6 Å². The lowest BCUT2D eigenvalue weighted by Gasteiger charge is -2.20. The van der Waals surface area contributed by atoms with Crippen molar-refractivity contribution in [3.63, 3.8) is 0 Å². The van der Waals surface area contributed by atoms with Crippen LogP contribution in [0.4, 0.5) is 5.82 Å². The van der Waals surface area contributed by atoms with Gasteiger partial charge in [-0.1, -0.05) is 13.8 Å². The van der Waals surface area contributed by atoms with Gasteiger partial charge in [0.25, 0.3) is 17.8 Å². The van der Waals surface area contributed by atoms with E-state index in [4.69, 9.17) is 9.15 Å². The van der Waals surface area contributed by atoms with Gasteiger partial charge in [0.1, 0.15) is 11.9 Å². The van der Waals surface area contributed by atoms with Gasteiger partial charge in [-0.05, 0) is 44.9 Å². The molecule has 3 rings (SSSR count). The fourth-order valence-corrected chi connectivity index (χ4v) is 3.07. The third kappa shape index (κ3) is 6.03. The van der Waals surface area contributed by atoms with Gasteiger partial charge in [0.05, 0.1) is 12.0 Å². The van der Waals surface area contributed by atoms with Crippen LogP contribution in [-0.4, -0.2) is 50.2 Å². The van der Waals surface area contributed by atoms with Gasteiger partial charge in [-0.15, -0.1) is 0 Å². The fraction of sp³-hybridized carbons (Fsp3) is 0.364. The Labute approximate surface area is 190 Å². The summed E-state index contributed by atoms with van der Waals surface area (Å²) >= 11 is 0. The number of rotatable bonds is 8. The lowest BCUT2D eigenvalue weighted by molar-refractivity contribution is -0.150. The Morgan fingerprint density at radius 2 is 1.79 bits per heavy atom. The molecule has 0 spiro atoms. The first-order valence-electron chi connectivity index (χ1n) is 10.3. The summed E-state index contributed by atoms with van der Waals surface area (Å²) in [5.41, 5.74) is 2.16. The van der Waals surface area contributed by atoms with E-state index >= 15 is 0 Å². The molecule has 1 atom stereocenters. The summed E-state index contributed by atoms with van der Waals surface area (Å²) in [7, 11) is 0. The first-order chi connectivity index (χ1) is 15.6. The second-order valence-corrected chi connectivity index (χ2v) is 7.86. The highest BCUT2D eigenvalue weighted by Crippen LogP contribution is 2.15. The number of amides is 2. The molecule has 0 saturated heterocycles. The zero-order valence-electron chi connectivity index (χ0n) is 19.1. The standard InChI is InChI=1S/C22H26N6O5/c1-12(2)19(26-20(30)16-7-6-8-32-16)21(31)33-11-18(29)25-17-10-15(5)27-28(17)22-23-13(3)9-14(4)24-22/h6-10,12,19H,11H2,1-5H3,(H,25,29)(H,26,30)/t19-/m0/s1. The number of anilines is 1. The molecule has 3 aromatic heterocycles. The van der Waals surface area contributed by atoms with Crippen molar-refractivity contribution in [2.75, 3.05) is 11.9 Å². The van der Waals surface area contributed by atoms with Crippen LogP contribution >= 0.6 is 0 Å². The van der Waals surface area contributed by atoms with Crippen LogP contribution in [0.15, 0.2) is 34.9 Å². The van der Waals surface area contributed by atoms with Gasteiger partial charge < -0.3 is 19.8 Å². The number of hydrogen-bond acceptors (Lipinski definition) is 8. The van der Waals surface area contributed by atoms with E-state index in [9.17, 15) is 14.4 Å². The van der Waals surface area contributed by atoms with Gasteiger partial charge in [0.2, 0.25) is 0 Å². The Kier molecular flexibility index (Phi) is 7.21. The Morgan fingerprint density at radius 3 is 2.39 bits per heavy atom. The molecule has 0 bridgehead atoms. The average molecular weight is 454 g/mol. The van der Waals surface area contributed by atoms with Crippen LogP contribution in [0.25, 0.3) is 5.95 Å². The summed E-state index contributed by atoms with van der Waals surface area (Å²) in [5.74, 6) is -1.41. The van der Waals surface area contributed by atoms with Gasteiger partial charge in [-0.3, -0.25) is 9.59 Å². The summed E-state index contributed by atoms with van der Waals surface area (Å²) < 4.78 is 11.6. The smallest absolute Gasteiger partial charge is 0.329 e. The van der Waals surface area contributed by atoms with Gasteiger partial charge in [0, 0.05) is 17.5 Å². The van der Waals surface area contributed by atoms with Gasteiger partial charge in [0.15, 0.2) is 12.4 Å². The number of carbonyl (C=O) groups is 3. The quantitative estimate of drug-likeness (QED) is 0.493. The second kappa shape index (κ2) is 10.1. The summed E-state index contributed by atoms with van der Waals surface area (Å²) in [6.45, 7) is 8.39. The van der Waals surface area contributed by atoms with Crippen molar-refractivity contribution in [2.45, 2.75) is 40.7 Å². The molecule has 0 radical (unpaired) electrons. The van der Waals surface area contributed by atoms with Crippen LogP contribution in [0.2, 0.25) is 0 Å². The van der Waals surface area contributed by atoms with Gasteiger partial charge in [-0.2, -0.15) is 9.78 Å². The van der Waals surface area contributed by atoms with Crippen molar-refractivity contribution in [1.29, 1.82) is 0 Å². The van der Waals surface area contributed by atoms with Crippen LogP contribution in [0, 0.1) is 26.7 Å². The minimum atomic E-state index is -0.952. The maximum atomic E-state index is 12.5. The minimum Gasteiger partial charge on any atom is -0.459 e. The molecule has 0 fully saturated rings. The molecule has 3 heterocycles. The topological polar surface area (TPSA) is 141 Å². The van der Waals surface area contributed by atoms with E-state index in [0.717, 1.165) is 11.4 Å². The van der Waals surface area contributed by atoms with Crippen LogP contribution in [0.3, 0.4) is 0 Å². The van der Waals surface area contributed by atoms with E-state index in [1.807, 2.05) is 19.9 Å². The van der Waals surface area contributed by atoms with Crippen LogP contribution in [0.1, 0.15) is 41.5 Å². The van der Waals surface area contributed by atoms with Crippen LogP contribution in [0.5, 0.6) is 0 Å². The van der Waals surface area contributed by atoms with Crippen molar-refractivity contribution in [1.82, 2.24) is 25.1 Å². The molecule has 11 nitrogen and oxygen atoms in total. The van der Waals surface area contributed by atoms with E-state index in [2.05, 4.69) is 25.7 Å². The molecule has 0 saturated carbocycles. The van der Waals surface area contributed by atoms with Crippen molar-refractivity contribution in [3.05, 3.63) is 53.4 Å². The number of aryl methyl sites for hydroxylation is 3. The zero-order chi connectivity index (χ0) is 24.1. The minimum absolute atomic E-state index is 0.0726. The summed E-state index contributed by atoms with van der Waals surface area (Å²) in [6.07, 6.45) is 1.36. The van der Waals surface area contributed by atoms with E-state index in [1.54, 1.807) is 32.9 Å². The molecule has 0 aliphatic heterocycles. The highest BCUT2D eigenvalue weighted by Gasteiger charge is 2.27. The number of furan rings is 1. The number of hydrogen-bond donors (Lipinski definition) is 2. The van der Waals surface area contributed by atoms with Crippen LogP contribution < -0.4 is 10.6 Å². The molecular weight excluding hydrogens is 428 g/mol. The molecule has 33 heavy (non-hydrogen) atoms. The number of aromatic nitrogens is 4. The predicted octanol–water partition coefficient (Wildman–Crippen LogP) is 2.12. The Balaban J connectivity index is 1.64. The molecule has 3 aromatic rings. The zero-order valence-corrected chi connectivity index (χ0v) is 19.1. The highest BCUT2D eigenvalue weighted by atomic mass is 16.5. The first-order valence-corrected chi connectivity index (χ1v) is 10.3. The van der Waals surface area contributed by atoms with Gasteiger partial charge >= 0.3 is 5.97 Å². The highest BCUT2D eigenvalue weighted by molar-refractivity contribution is 5.96. The van der Waals surface area contributed by atoms with E-state index in [1.165, 1.54) is 17.0 Å². The Morgan fingerprint density at radius 1 is 1.09 bits per heavy atom. The lowest BCUT2D eigenvalue weighted by Crippen LogP contribution is -2.45. The molecule has 0 aliphatic carbocycles. The molecule has 0 aromatic carbocycles. The van der Waals surface area contributed by atoms with Crippen molar-refractivity contribution in [2.24, 2.45) is 5.92 Å². The number of carbonyl (C=O) groups excluding carboxylic acids is 3. The summed E-state index contributed by atoms with van der Waals surface area (Å²) in [4.78, 5) is 45.9. The maximum Gasteiger partial charge on any atom is 0.329 e. The normalized spacial score (nSPS) is 11.8. The molecule has 0 aliphatic rings. The number of ether oxygens (including phenoxy) is 1. The summed E-state index contributed by atoms with van der Waals surface area (Å²) in [6, 6.07) is 5.58. The molecular formula is C22H26N6O5. The van der Waals surface area contributed by atoms with E-state index in [-0.39, 0.29) is 11.7 Å². The van der Waals surface area contributed by atoms with E-state index < -0.39 is 30.4 Å². The van der Waals surface area contributed by atoms with Crippen molar-refractivity contribution in [3.8, 4) is 5.95 Å². The molecule has 2 N–H and O–H groups in total. The molecule has 0 unspecified atom stereocenters. The maximum absolute atomic E-state index is 12.5. The molecule has 2 amide bonds. The second-order valence-electron chi connectivity index (χ2n) is 7.86. The largest absolute Gasteiger partial charge is 0.459 e. The fourth-order valence-electron chi connectivity index (χ4n) is 3.07. The van der Waals surface area contributed by atoms with Gasteiger partial charge in [-0.25, -0.2) is 14.8 Å². The monoisotopic (exact) mass is 454 g/mol. The molecule has 174 valence electrons. The Bertz CT molecular complexity index is 1130. The summed E-state index contributed by atoms with van der Waals surface area (Å²) in [5, 5.41) is 9.56. The van der Waals surface area contributed by atoms with Crippen molar-refractivity contribution < 1.29 is 23.5 Å². The third-order valence-electron chi connectivity index (χ3n) is 4.56.